The van der Waals surface area contributed by atoms with Crippen molar-refractivity contribution < 1.29 is 0 Å². The molecular weight excluding hydrogens is 84.1 g/mol. The van der Waals surface area contributed by atoms with Crippen molar-refractivity contribution in [3.05, 3.63) is 17.4 Å². The second-order valence-electron chi connectivity index (χ2n) is 1.51. The fourth-order valence-electron chi connectivity index (χ4n) is 0.598. The summed E-state index contributed by atoms with van der Waals surface area (Å²) in [5.74, 6) is 2.54. The van der Waals surface area contributed by atoms with Gasteiger partial charge in [0.15, 0.2) is 0 Å². The molecule has 0 N–H and O–H groups in total. The molecular formula is C7H6. The second kappa shape index (κ2) is 1.69. The third-order valence-electron chi connectivity index (χ3n) is 0.989. The van der Waals surface area contributed by atoms with E-state index in [4.69, 9.17) is 6.42 Å². The fourth-order valence-corrected chi connectivity index (χ4v) is 0.598. The lowest BCUT2D eigenvalue weighted by atomic mass is 10.2. The van der Waals surface area contributed by atoms with Gasteiger partial charge in [0.25, 0.3) is 0 Å². The van der Waals surface area contributed by atoms with E-state index in [2.05, 4.69) is 11.7 Å². The van der Waals surface area contributed by atoms with Gasteiger partial charge in [-0.2, -0.15) is 0 Å². The Bertz CT molecular complexity index is 161. The summed E-state index contributed by atoms with van der Waals surface area (Å²) in [7, 11) is 0. The largest absolute Gasteiger partial charge is 0.114 e. The lowest BCUT2D eigenvalue weighted by molar-refractivity contribution is 1.06. The summed E-state index contributed by atoms with van der Waals surface area (Å²) in [6.45, 7) is 0. The van der Waals surface area contributed by atoms with Gasteiger partial charge >= 0.3 is 0 Å². The number of hydrogen-bond acceptors (Lipinski definition) is 0. The van der Waals surface area contributed by atoms with E-state index in [0.29, 0.717) is 0 Å². The normalized spacial score (nSPS) is 16.1. The Morgan fingerprint density at radius 2 is 2.71 bits per heavy atom. The zero-order chi connectivity index (χ0) is 5.11. The van der Waals surface area contributed by atoms with Gasteiger partial charge < -0.3 is 0 Å². The van der Waals surface area contributed by atoms with Crippen LogP contribution in [-0.2, 0) is 0 Å². The molecule has 0 aromatic carbocycles. The molecule has 1 aliphatic carbocycles. The Kier molecular flexibility index (Phi) is 1.02. The fraction of sp³-hybridized carbons (Fsp3) is 0.286. The van der Waals surface area contributed by atoms with Gasteiger partial charge in [0, 0.05) is 5.57 Å². The molecule has 0 aromatic heterocycles. The summed E-state index contributed by atoms with van der Waals surface area (Å²) in [5.41, 5.74) is 3.98. The van der Waals surface area contributed by atoms with Crippen LogP contribution in [0.5, 0.6) is 0 Å². The third-order valence-corrected chi connectivity index (χ3v) is 0.989. The molecule has 0 unspecified atom stereocenters. The van der Waals surface area contributed by atoms with Crippen LogP contribution in [0.1, 0.15) is 12.8 Å². The molecule has 0 amide bonds. The quantitative estimate of drug-likeness (QED) is 0.312. The van der Waals surface area contributed by atoms with Crippen LogP contribution in [0.2, 0.25) is 0 Å². The summed E-state index contributed by atoms with van der Waals surface area (Å²) in [5, 5.41) is 0. The maximum atomic E-state index is 5.06. The number of hydrogen-bond donors (Lipinski definition) is 0. The Balaban J connectivity index is 2.78. The lowest BCUT2D eigenvalue weighted by Crippen LogP contribution is -1.65. The average Bonchev–Trinajstić information content (AvgIpc) is 2.14. The molecule has 0 aliphatic heterocycles. The van der Waals surface area contributed by atoms with Crippen molar-refractivity contribution in [2.75, 3.05) is 0 Å². The highest BCUT2D eigenvalue weighted by atomic mass is 13.9. The van der Waals surface area contributed by atoms with Gasteiger partial charge in [-0.3, -0.25) is 0 Å². The van der Waals surface area contributed by atoms with E-state index in [-0.39, 0.29) is 0 Å². The summed E-state index contributed by atoms with van der Waals surface area (Å²) in [4.78, 5) is 0. The molecule has 1 rings (SSSR count). The Morgan fingerprint density at radius 3 is 3.00 bits per heavy atom. The van der Waals surface area contributed by atoms with Gasteiger partial charge in [-0.15, -0.1) is 12.2 Å². The summed E-state index contributed by atoms with van der Waals surface area (Å²) in [6.07, 6.45) is 9.15. The minimum absolute atomic E-state index is 1.01. The second-order valence-corrected chi connectivity index (χ2v) is 1.51. The Hall–Kier alpha value is -0.920. The van der Waals surface area contributed by atoms with Crippen LogP contribution in [0.4, 0.5) is 0 Å². The van der Waals surface area contributed by atoms with Gasteiger partial charge in [-0.25, -0.2) is 0 Å². The molecule has 34 valence electrons. The molecule has 0 saturated carbocycles. The molecule has 0 bridgehead atoms. The van der Waals surface area contributed by atoms with E-state index >= 15 is 0 Å². The molecule has 0 aromatic rings. The molecule has 0 heterocycles. The van der Waals surface area contributed by atoms with Crippen LogP contribution in [0.15, 0.2) is 17.4 Å². The molecule has 0 heteroatoms. The third kappa shape index (κ3) is 0.738. The monoisotopic (exact) mass is 90.0 g/mol. The first-order chi connectivity index (χ1) is 3.43. The Labute approximate surface area is 43.5 Å². The first-order valence-corrected chi connectivity index (χ1v) is 2.34. The predicted octanol–water partition coefficient (Wildman–Crippen LogP) is 1.49. The van der Waals surface area contributed by atoms with Crippen molar-refractivity contribution in [3.8, 4) is 12.3 Å². The van der Waals surface area contributed by atoms with Gasteiger partial charge in [0.1, 0.15) is 0 Å². The molecule has 0 atom stereocenters. The van der Waals surface area contributed by atoms with Crippen LogP contribution >= 0.6 is 0 Å². The zero-order valence-corrected chi connectivity index (χ0v) is 4.07. The van der Waals surface area contributed by atoms with Crippen LogP contribution < -0.4 is 0 Å². The molecule has 0 radical (unpaired) electrons. The number of terminal acetylenes is 1. The summed E-state index contributed by atoms with van der Waals surface area (Å²) < 4.78 is 0. The smallest absolute Gasteiger partial charge is 0.0435 e. The van der Waals surface area contributed by atoms with Crippen LogP contribution in [0.25, 0.3) is 0 Å². The van der Waals surface area contributed by atoms with Crippen molar-refractivity contribution in [1.29, 1.82) is 0 Å². The van der Waals surface area contributed by atoms with Crippen molar-refractivity contribution >= 4 is 0 Å². The molecule has 0 spiro atoms. The van der Waals surface area contributed by atoms with E-state index < -0.39 is 0 Å². The van der Waals surface area contributed by atoms with E-state index in [1.54, 1.807) is 0 Å². The maximum Gasteiger partial charge on any atom is 0.0435 e. The predicted molar refractivity (Wildman–Crippen MR) is 29.7 cm³/mol. The lowest BCUT2D eigenvalue weighted by Gasteiger charge is -1.79. The van der Waals surface area contributed by atoms with E-state index in [9.17, 15) is 0 Å². The van der Waals surface area contributed by atoms with Crippen LogP contribution in [-0.4, -0.2) is 0 Å². The first-order valence-electron chi connectivity index (χ1n) is 2.34. The topological polar surface area (TPSA) is 0 Å². The maximum absolute atomic E-state index is 5.06. The van der Waals surface area contributed by atoms with Crippen molar-refractivity contribution in [1.82, 2.24) is 0 Å². The van der Waals surface area contributed by atoms with Crippen LogP contribution in [0, 0.1) is 12.3 Å². The average molecular weight is 90.1 g/mol. The molecule has 7 heavy (non-hydrogen) atoms. The van der Waals surface area contributed by atoms with Crippen molar-refractivity contribution in [3.63, 3.8) is 0 Å². The molecule has 0 saturated heterocycles. The Morgan fingerprint density at radius 1 is 1.86 bits per heavy atom. The standard InChI is InChI=1S/C7H6/c1-2-7-5-3-4-6-7/h1,3H,4,6H2. The zero-order valence-electron chi connectivity index (χ0n) is 4.07. The minimum atomic E-state index is 1.01. The van der Waals surface area contributed by atoms with Gasteiger partial charge in [-0.1, -0.05) is 5.92 Å². The SMILES string of the molecule is C#CC1=C=CCC1. The number of allylic oxidation sites excluding steroid dienone is 1. The van der Waals surface area contributed by atoms with E-state index in [0.717, 1.165) is 18.4 Å². The number of rotatable bonds is 0. The highest BCUT2D eigenvalue weighted by Gasteiger charge is 1.92. The van der Waals surface area contributed by atoms with Gasteiger partial charge in [0.2, 0.25) is 0 Å². The highest BCUT2D eigenvalue weighted by molar-refractivity contribution is 5.27. The van der Waals surface area contributed by atoms with Gasteiger partial charge in [-0.05, 0) is 18.9 Å². The van der Waals surface area contributed by atoms with Crippen molar-refractivity contribution in [2.24, 2.45) is 0 Å². The van der Waals surface area contributed by atoms with E-state index in [1.165, 1.54) is 0 Å². The van der Waals surface area contributed by atoms with E-state index in [1.807, 2.05) is 6.08 Å². The first kappa shape index (κ1) is 4.24. The summed E-state index contributed by atoms with van der Waals surface area (Å²) >= 11 is 0. The molecule has 0 fully saturated rings. The van der Waals surface area contributed by atoms with Crippen molar-refractivity contribution in [2.45, 2.75) is 12.8 Å². The summed E-state index contributed by atoms with van der Waals surface area (Å²) in [6, 6.07) is 0. The highest BCUT2D eigenvalue weighted by Crippen LogP contribution is 2.07. The molecule has 1 aliphatic rings. The molecule has 0 nitrogen and oxygen atoms in total. The minimum Gasteiger partial charge on any atom is -0.114 e. The van der Waals surface area contributed by atoms with Gasteiger partial charge in [0.05, 0.1) is 0 Å². The van der Waals surface area contributed by atoms with Crippen LogP contribution in [0.3, 0.4) is 0 Å².